The van der Waals surface area contributed by atoms with E-state index in [0.717, 1.165) is 38.5 Å². The Bertz CT molecular complexity index is 274. The number of rotatable bonds is 3. The maximum absolute atomic E-state index is 11.9. The number of amides is 2. The van der Waals surface area contributed by atoms with E-state index < -0.39 is 0 Å². The molecule has 0 radical (unpaired) electrons. The molecule has 2 fully saturated rings. The quantitative estimate of drug-likeness (QED) is 0.735. The predicted molar refractivity (Wildman–Crippen MR) is 74.9 cm³/mol. The fourth-order valence-electron chi connectivity index (χ4n) is 2.92. The molecule has 4 nitrogen and oxygen atoms in total. The molecule has 2 unspecified atom stereocenters. The van der Waals surface area contributed by atoms with Crippen molar-refractivity contribution in [3.8, 4) is 0 Å². The summed E-state index contributed by atoms with van der Waals surface area (Å²) in [7, 11) is 0. The molecule has 0 aromatic heterocycles. The number of hydrogen-bond donors (Lipinski definition) is 3. The normalized spacial score (nSPS) is 36.3. The first-order valence-corrected chi connectivity index (χ1v) is 8.24. The highest BCUT2D eigenvalue weighted by molar-refractivity contribution is 7.99. The molecule has 5 heteroatoms. The van der Waals surface area contributed by atoms with Crippen LogP contribution in [0.2, 0.25) is 0 Å². The van der Waals surface area contributed by atoms with E-state index in [4.69, 9.17) is 0 Å². The van der Waals surface area contributed by atoms with Crippen molar-refractivity contribution in [3.05, 3.63) is 0 Å². The largest absolute Gasteiger partial charge is 0.393 e. The highest BCUT2D eigenvalue weighted by Gasteiger charge is 2.26. The number of carbonyl (C=O) groups is 1. The highest BCUT2D eigenvalue weighted by atomic mass is 32.2. The van der Waals surface area contributed by atoms with E-state index >= 15 is 0 Å². The molecule has 0 aliphatic heterocycles. The summed E-state index contributed by atoms with van der Waals surface area (Å²) < 4.78 is 0. The van der Waals surface area contributed by atoms with Crippen LogP contribution in [-0.4, -0.2) is 40.8 Å². The monoisotopic (exact) mass is 272 g/mol. The van der Waals surface area contributed by atoms with E-state index in [1.54, 1.807) is 0 Å². The van der Waals surface area contributed by atoms with Crippen molar-refractivity contribution >= 4 is 17.8 Å². The Kier molecular flexibility index (Phi) is 5.18. The third-order valence-electron chi connectivity index (χ3n) is 4.08. The molecule has 0 saturated heterocycles. The lowest BCUT2D eigenvalue weighted by molar-refractivity contribution is 0.117. The van der Waals surface area contributed by atoms with Gasteiger partial charge in [-0.25, -0.2) is 4.79 Å². The van der Waals surface area contributed by atoms with E-state index in [1.165, 1.54) is 6.42 Å². The van der Waals surface area contributed by atoms with Crippen LogP contribution in [0.1, 0.15) is 44.9 Å². The molecule has 2 rings (SSSR count). The minimum Gasteiger partial charge on any atom is -0.393 e. The fraction of sp³-hybridized carbons (Fsp3) is 0.923. The highest BCUT2D eigenvalue weighted by Crippen LogP contribution is 2.28. The van der Waals surface area contributed by atoms with Crippen LogP contribution in [0.5, 0.6) is 0 Å². The standard InChI is InChI=1S/C13H24N2O2S/c1-18-12-7-4-10(8-12)15-13(17)14-9-2-5-11(16)6-3-9/h9-12,16H,2-8H2,1H3,(H2,14,15,17). The first kappa shape index (κ1) is 14.0. The Morgan fingerprint density at radius 1 is 1.06 bits per heavy atom. The summed E-state index contributed by atoms with van der Waals surface area (Å²) in [5.74, 6) is 0. The van der Waals surface area contributed by atoms with E-state index in [-0.39, 0.29) is 18.2 Å². The maximum Gasteiger partial charge on any atom is 0.315 e. The van der Waals surface area contributed by atoms with Crippen LogP contribution in [0.25, 0.3) is 0 Å². The average molecular weight is 272 g/mol. The zero-order valence-corrected chi connectivity index (χ0v) is 11.8. The summed E-state index contributed by atoms with van der Waals surface area (Å²) in [5, 5.41) is 16.2. The number of nitrogens with one attached hydrogen (secondary N) is 2. The van der Waals surface area contributed by atoms with Crippen LogP contribution >= 0.6 is 11.8 Å². The molecule has 0 aromatic carbocycles. The summed E-state index contributed by atoms with van der Waals surface area (Å²) in [4.78, 5) is 11.9. The van der Waals surface area contributed by atoms with Gasteiger partial charge in [0.25, 0.3) is 0 Å². The Balaban J connectivity index is 1.66. The van der Waals surface area contributed by atoms with Crippen LogP contribution in [-0.2, 0) is 0 Å². The molecule has 2 amide bonds. The second kappa shape index (κ2) is 6.66. The molecule has 2 aliphatic carbocycles. The van der Waals surface area contributed by atoms with E-state index in [1.807, 2.05) is 11.8 Å². The van der Waals surface area contributed by atoms with Crippen LogP contribution in [0.15, 0.2) is 0 Å². The topological polar surface area (TPSA) is 61.4 Å². The van der Waals surface area contributed by atoms with Gasteiger partial charge in [0.05, 0.1) is 6.10 Å². The first-order chi connectivity index (χ1) is 8.67. The Labute approximate surface area is 113 Å². The van der Waals surface area contributed by atoms with Gasteiger partial charge in [-0.2, -0.15) is 11.8 Å². The van der Waals surface area contributed by atoms with E-state index in [9.17, 15) is 9.90 Å². The molecule has 2 aliphatic rings. The molecule has 0 spiro atoms. The molecule has 0 aromatic rings. The molecular weight excluding hydrogens is 248 g/mol. The second-order valence-electron chi connectivity index (χ2n) is 5.49. The van der Waals surface area contributed by atoms with Gasteiger partial charge in [-0.1, -0.05) is 0 Å². The van der Waals surface area contributed by atoms with Gasteiger partial charge in [-0.05, 0) is 51.2 Å². The van der Waals surface area contributed by atoms with Gasteiger partial charge in [0, 0.05) is 17.3 Å². The predicted octanol–water partition coefficient (Wildman–Crippen LogP) is 1.87. The lowest BCUT2D eigenvalue weighted by Gasteiger charge is -2.26. The average Bonchev–Trinajstić information content (AvgIpc) is 2.79. The minimum absolute atomic E-state index is 0.0249. The summed E-state index contributed by atoms with van der Waals surface area (Å²) in [6, 6.07) is 0.561. The lowest BCUT2D eigenvalue weighted by atomic mass is 9.93. The van der Waals surface area contributed by atoms with E-state index in [0.29, 0.717) is 11.3 Å². The SMILES string of the molecule is CSC1CCC(NC(=O)NC2CCC(O)CC2)C1. The number of hydrogen-bond acceptors (Lipinski definition) is 3. The molecule has 2 saturated carbocycles. The zero-order valence-electron chi connectivity index (χ0n) is 11.0. The van der Waals surface area contributed by atoms with Crippen LogP contribution in [0.4, 0.5) is 4.79 Å². The maximum atomic E-state index is 11.9. The molecule has 18 heavy (non-hydrogen) atoms. The van der Waals surface area contributed by atoms with E-state index in [2.05, 4.69) is 16.9 Å². The van der Waals surface area contributed by atoms with Crippen molar-refractivity contribution in [2.24, 2.45) is 0 Å². The molecule has 0 bridgehead atoms. The third kappa shape index (κ3) is 4.05. The smallest absolute Gasteiger partial charge is 0.315 e. The lowest BCUT2D eigenvalue weighted by Crippen LogP contribution is -2.47. The summed E-state index contributed by atoms with van der Waals surface area (Å²) in [6.07, 6.45) is 8.79. The molecule has 104 valence electrons. The van der Waals surface area contributed by atoms with Crippen molar-refractivity contribution in [2.75, 3.05) is 6.26 Å². The summed E-state index contributed by atoms with van der Waals surface area (Å²) >= 11 is 1.90. The van der Waals surface area contributed by atoms with Gasteiger partial charge in [0.1, 0.15) is 0 Å². The van der Waals surface area contributed by atoms with Gasteiger partial charge < -0.3 is 15.7 Å². The van der Waals surface area contributed by atoms with Crippen molar-refractivity contribution in [1.82, 2.24) is 10.6 Å². The number of urea groups is 1. The van der Waals surface area contributed by atoms with Gasteiger partial charge in [0.2, 0.25) is 0 Å². The molecule has 0 heterocycles. The van der Waals surface area contributed by atoms with Crippen molar-refractivity contribution in [1.29, 1.82) is 0 Å². The Hall–Kier alpha value is -0.420. The number of aliphatic hydroxyl groups excluding tert-OH is 1. The fourth-order valence-corrected chi connectivity index (χ4v) is 3.71. The van der Waals surface area contributed by atoms with Gasteiger partial charge >= 0.3 is 6.03 Å². The molecular formula is C13H24N2O2S. The van der Waals surface area contributed by atoms with Crippen molar-refractivity contribution in [2.45, 2.75) is 68.4 Å². The number of thioether (sulfide) groups is 1. The van der Waals surface area contributed by atoms with Crippen molar-refractivity contribution < 1.29 is 9.90 Å². The summed E-state index contributed by atoms with van der Waals surface area (Å²) in [5.41, 5.74) is 0. The third-order valence-corrected chi connectivity index (χ3v) is 5.18. The van der Waals surface area contributed by atoms with Crippen LogP contribution < -0.4 is 10.6 Å². The zero-order chi connectivity index (χ0) is 13.0. The second-order valence-corrected chi connectivity index (χ2v) is 6.63. The summed E-state index contributed by atoms with van der Waals surface area (Å²) in [6.45, 7) is 0. The number of carbonyl (C=O) groups excluding carboxylic acids is 1. The Morgan fingerprint density at radius 3 is 2.28 bits per heavy atom. The Morgan fingerprint density at radius 2 is 1.67 bits per heavy atom. The molecule has 3 N–H and O–H groups in total. The first-order valence-electron chi connectivity index (χ1n) is 6.95. The minimum atomic E-state index is -0.164. The van der Waals surface area contributed by atoms with Crippen LogP contribution in [0, 0.1) is 0 Å². The van der Waals surface area contributed by atoms with Crippen LogP contribution in [0.3, 0.4) is 0 Å². The van der Waals surface area contributed by atoms with Gasteiger partial charge in [0.15, 0.2) is 0 Å². The molecule has 2 atom stereocenters. The van der Waals surface area contributed by atoms with Gasteiger partial charge in [-0.15, -0.1) is 0 Å². The number of aliphatic hydroxyl groups is 1. The van der Waals surface area contributed by atoms with Crippen molar-refractivity contribution in [3.63, 3.8) is 0 Å². The van der Waals surface area contributed by atoms with Gasteiger partial charge in [-0.3, -0.25) is 0 Å².